The van der Waals surface area contributed by atoms with Crippen LogP contribution in [-0.2, 0) is 23.9 Å². The summed E-state index contributed by atoms with van der Waals surface area (Å²) in [6.07, 6.45) is 1.51. The molecule has 0 heterocycles. The summed E-state index contributed by atoms with van der Waals surface area (Å²) in [4.78, 5) is 32.9. The van der Waals surface area contributed by atoms with Gasteiger partial charge in [0.1, 0.15) is 13.2 Å². The van der Waals surface area contributed by atoms with Crippen molar-refractivity contribution in [1.29, 1.82) is 0 Å². The summed E-state index contributed by atoms with van der Waals surface area (Å²) in [5, 5.41) is 0. The van der Waals surface area contributed by atoms with E-state index in [4.69, 9.17) is 15.2 Å². The Morgan fingerprint density at radius 1 is 0.917 bits per heavy atom. The van der Waals surface area contributed by atoms with Gasteiger partial charge in [-0.05, 0) is 33.6 Å². The highest BCUT2D eigenvalue weighted by Gasteiger charge is 2.26. The number of amides is 1. The van der Waals surface area contributed by atoms with E-state index in [1.54, 1.807) is 6.92 Å². The van der Waals surface area contributed by atoms with Crippen molar-refractivity contribution < 1.29 is 23.9 Å². The molecule has 0 radical (unpaired) electrons. The van der Waals surface area contributed by atoms with Crippen molar-refractivity contribution in [3.8, 4) is 0 Å². The smallest absolute Gasteiger partial charge is 0.333 e. The summed E-state index contributed by atoms with van der Waals surface area (Å²) in [6.45, 7) is 16.3. The van der Waals surface area contributed by atoms with Crippen molar-refractivity contribution in [1.82, 2.24) is 0 Å². The van der Waals surface area contributed by atoms with Crippen LogP contribution in [0.3, 0.4) is 0 Å². The summed E-state index contributed by atoms with van der Waals surface area (Å²) in [6, 6.07) is 0. The van der Waals surface area contributed by atoms with E-state index in [1.807, 2.05) is 41.5 Å². The van der Waals surface area contributed by atoms with Crippen molar-refractivity contribution in [2.45, 2.75) is 61.3 Å². The Morgan fingerprint density at radius 2 is 1.33 bits per heavy atom. The molecule has 24 heavy (non-hydrogen) atoms. The molecule has 0 aromatic carbocycles. The molecular formula is C18H33NO5. The van der Waals surface area contributed by atoms with Crippen LogP contribution in [0, 0.1) is 10.8 Å². The predicted octanol–water partition coefficient (Wildman–Crippen LogP) is 2.99. The number of esters is 2. The predicted molar refractivity (Wildman–Crippen MR) is 94.1 cm³/mol. The number of hydrogen-bond acceptors (Lipinski definition) is 5. The molecule has 0 rings (SSSR count). The number of rotatable bonds is 8. The van der Waals surface area contributed by atoms with Crippen molar-refractivity contribution in [3.63, 3.8) is 0 Å². The van der Waals surface area contributed by atoms with Crippen LogP contribution in [0.15, 0.2) is 12.2 Å². The third-order valence-electron chi connectivity index (χ3n) is 3.89. The lowest BCUT2D eigenvalue weighted by Crippen LogP contribution is -2.30. The molecule has 6 heteroatoms. The monoisotopic (exact) mass is 343 g/mol. The molecule has 0 spiro atoms. The molecule has 0 bridgehead atoms. The van der Waals surface area contributed by atoms with Gasteiger partial charge in [-0.25, -0.2) is 4.79 Å². The van der Waals surface area contributed by atoms with E-state index in [0.717, 1.165) is 6.42 Å². The Bertz CT molecular complexity index is 452. The van der Waals surface area contributed by atoms with Crippen LogP contribution in [0.1, 0.15) is 61.3 Å². The minimum absolute atomic E-state index is 0.0667. The van der Waals surface area contributed by atoms with Crippen LogP contribution >= 0.6 is 0 Å². The molecule has 1 amide bonds. The van der Waals surface area contributed by atoms with Gasteiger partial charge in [-0.2, -0.15) is 0 Å². The second kappa shape index (κ2) is 10.8. The molecule has 6 nitrogen and oxygen atoms in total. The summed E-state index contributed by atoms with van der Waals surface area (Å²) < 4.78 is 9.77. The van der Waals surface area contributed by atoms with Crippen LogP contribution in [0.5, 0.6) is 0 Å². The summed E-state index contributed by atoms with van der Waals surface area (Å²) in [7, 11) is 0. The number of carbonyl (C=O) groups excluding carboxylic acids is 3. The molecule has 140 valence electrons. The van der Waals surface area contributed by atoms with Gasteiger partial charge in [0.05, 0.1) is 5.41 Å². The number of carbonyl (C=O) groups is 3. The number of ether oxygens (including phenoxy) is 2. The van der Waals surface area contributed by atoms with Gasteiger partial charge in [0.2, 0.25) is 5.91 Å². The average Bonchev–Trinajstić information content (AvgIpc) is 2.51. The molecule has 0 aromatic heterocycles. The van der Waals surface area contributed by atoms with E-state index in [0.29, 0.717) is 12.0 Å². The Labute approximate surface area is 145 Å². The molecule has 0 saturated carbocycles. The number of hydrogen-bond donors (Lipinski definition) is 1. The first-order valence-electron chi connectivity index (χ1n) is 8.11. The molecule has 0 unspecified atom stereocenters. The molecule has 0 saturated heterocycles. The first kappa shape index (κ1) is 24.4. The Balaban J connectivity index is 0. The second-order valence-corrected chi connectivity index (χ2v) is 6.89. The molecule has 0 fully saturated rings. The standard InChI is InChI=1S/C12H20O4.C6H13NO/c1-6-12(4,5)11(14)16-8-7-15-10(13)9(2)3;1-4-6(2,3)5(7)8/h2,6-8H2,1,3-5H3;4H2,1-3H3,(H2,7,8). The maximum Gasteiger partial charge on any atom is 0.333 e. The summed E-state index contributed by atoms with van der Waals surface area (Å²) in [5.74, 6) is -0.966. The molecule has 2 N–H and O–H groups in total. The highest BCUT2D eigenvalue weighted by atomic mass is 16.6. The van der Waals surface area contributed by atoms with Gasteiger partial charge in [-0.15, -0.1) is 0 Å². The zero-order valence-corrected chi connectivity index (χ0v) is 16.2. The highest BCUT2D eigenvalue weighted by Crippen LogP contribution is 2.21. The third-order valence-corrected chi connectivity index (χ3v) is 3.89. The van der Waals surface area contributed by atoms with Gasteiger partial charge >= 0.3 is 11.9 Å². The zero-order valence-electron chi connectivity index (χ0n) is 16.2. The minimum Gasteiger partial charge on any atom is -0.462 e. The molecule has 0 atom stereocenters. The summed E-state index contributed by atoms with van der Waals surface area (Å²) >= 11 is 0. The molecular weight excluding hydrogens is 310 g/mol. The fourth-order valence-corrected chi connectivity index (χ4v) is 0.906. The Kier molecular flexibility index (Phi) is 11.0. The van der Waals surface area contributed by atoms with Crippen molar-refractivity contribution >= 4 is 17.8 Å². The van der Waals surface area contributed by atoms with Gasteiger partial charge in [-0.1, -0.05) is 34.3 Å². The maximum absolute atomic E-state index is 11.5. The maximum atomic E-state index is 11.5. The number of nitrogens with two attached hydrogens (primary N) is 1. The van der Waals surface area contributed by atoms with Gasteiger partial charge in [0, 0.05) is 11.0 Å². The van der Waals surface area contributed by atoms with Crippen LogP contribution < -0.4 is 5.73 Å². The lowest BCUT2D eigenvalue weighted by molar-refractivity contribution is -0.158. The molecule has 0 aliphatic rings. The van der Waals surface area contributed by atoms with E-state index < -0.39 is 11.4 Å². The van der Waals surface area contributed by atoms with Crippen LogP contribution in [0.2, 0.25) is 0 Å². The highest BCUT2D eigenvalue weighted by molar-refractivity contribution is 5.86. The molecule has 0 aromatic rings. The molecule has 0 aliphatic heterocycles. The fraction of sp³-hybridized carbons (Fsp3) is 0.722. The van der Waals surface area contributed by atoms with E-state index in [2.05, 4.69) is 6.58 Å². The molecule has 0 aliphatic carbocycles. The van der Waals surface area contributed by atoms with Crippen LogP contribution in [-0.4, -0.2) is 31.1 Å². The van der Waals surface area contributed by atoms with E-state index in [-0.39, 0.29) is 30.5 Å². The van der Waals surface area contributed by atoms with Crippen molar-refractivity contribution in [2.75, 3.05) is 13.2 Å². The Morgan fingerprint density at radius 3 is 1.62 bits per heavy atom. The van der Waals surface area contributed by atoms with Gasteiger partial charge < -0.3 is 15.2 Å². The largest absolute Gasteiger partial charge is 0.462 e. The summed E-state index contributed by atoms with van der Waals surface area (Å²) in [5.41, 5.74) is 4.57. The third kappa shape index (κ3) is 10.0. The van der Waals surface area contributed by atoms with E-state index in [9.17, 15) is 14.4 Å². The van der Waals surface area contributed by atoms with Crippen LogP contribution in [0.4, 0.5) is 0 Å². The minimum atomic E-state index is -0.488. The van der Waals surface area contributed by atoms with Crippen LogP contribution in [0.25, 0.3) is 0 Å². The van der Waals surface area contributed by atoms with Gasteiger partial charge in [0.25, 0.3) is 0 Å². The van der Waals surface area contributed by atoms with Gasteiger partial charge in [0.15, 0.2) is 0 Å². The quantitative estimate of drug-likeness (QED) is 0.415. The number of primary amides is 1. The van der Waals surface area contributed by atoms with E-state index >= 15 is 0 Å². The lowest BCUT2D eigenvalue weighted by Gasteiger charge is -2.20. The zero-order chi connectivity index (χ0) is 19.6. The van der Waals surface area contributed by atoms with Crippen molar-refractivity contribution in [2.24, 2.45) is 16.6 Å². The normalized spacial score (nSPS) is 11.0. The topological polar surface area (TPSA) is 95.7 Å². The second-order valence-electron chi connectivity index (χ2n) is 6.89. The first-order chi connectivity index (χ1) is 10.8. The van der Waals surface area contributed by atoms with E-state index in [1.165, 1.54) is 0 Å². The average molecular weight is 343 g/mol. The van der Waals surface area contributed by atoms with Crippen molar-refractivity contribution in [3.05, 3.63) is 12.2 Å². The Hall–Kier alpha value is -1.85. The lowest BCUT2D eigenvalue weighted by atomic mass is 9.90. The fourth-order valence-electron chi connectivity index (χ4n) is 0.906. The van der Waals surface area contributed by atoms with Gasteiger partial charge in [-0.3, -0.25) is 9.59 Å². The first-order valence-corrected chi connectivity index (χ1v) is 8.11. The SMILES string of the molecule is C=C(C)C(=O)OCCOC(=O)C(C)(C)CC.CCC(C)(C)C(N)=O.